The summed E-state index contributed by atoms with van der Waals surface area (Å²) in [5, 5.41) is 0. The van der Waals surface area contributed by atoms with Gasteiger partial charge in [0.05, 0.1) is 0 Å². The molecule has 0 unspecified atom stereocenters. The van der Waals surface area contributed by atoms with Gasteiger partial charge in [0.1, 0.15) is 13.2 Å². The van der Waals surface area contributed by atoms with E-state index in [9.17, 15) is 14.4 Å². The van der Waals surface area contributed by atoms with Crippen LogP contribution in [0.3, 0.4) is 0 Å². The minimum Gasteiger partial charge on any atom is -0.462 e. The van der Waals surface area contributed by atoms with E-state index in [-0.39, 0.29) is 31.1 Å². The van der Waals surface area contributed by atoms with Crippen molar-refractivity contribution in [1.29, 1.82) is 0 Å². The zero-order chi connectivity index (χ0) is 43.1. The third-order valence-electron chi connectivity index (χ3n) is 12.0. The largest absolute Gasteiger partial charge is 0.462 e. The Labute approximate surface area is 368 Å². The number of rotatable bonds is 48. The number of ether oxygens (including phenoxy) is 3. The van der Waals surface area contributed by atoms with Crippen LogP contribution in [0.5, 0.6) is 0 Å². The molecule has 0 bridgehead atoms. The van der Waals surface area contributed by atoms with E-state index in [1.165, 1.54) is 193 Å². The number of carbonyl (C=O) groups excluding carboxylic acids is 3. The Bertz CT molecular complexity index is 887. The molecule has 0 radical (unpaired) electrons. The second-order valence-electron chi connectivity index (χ2n) is 18.6. The van der Waals surface area contributed by atoms with Gasteiger partial charge in [-0.3, -0.25) is 14.4 Å². The van der Waals surface area contributed by atoms with Crippen LogP contribution in [-0.2, 0) is 28.6 Å². The predicted molar refractivity (Wildman–Crippen MR) is 252 cm³/mol. The SMILES string of the molecule is CCCCCCCCCCCCCCCCCC(=O)OC[C@@H](COC(=O)CCCCCCCCCCCCCCCCC(C)C)OC(=O)CCCCCCCCCCC. The van der Waals surface area contributed by atoms with Crippen LogP contribution in [0.25, 0.3) is 0 Å². The van der Waals surface area contributed by atoms with Gasteiger partial charge in [0.25, 0.3) is 0 Å². The van der Waals surface area contributed by atoms with Crippen LogP contribution >= 0.6 is 0 Å². The monoisotopic (exact) mass is 835 g/mol. The zero-order valence-corrected chi connectivity index (χ0v) is 40.2. The molecule has 6 heteroatoms. The second-order valence-corrected chi connectivity index (χ2v) is 18.6. The van der Waals surface area contributed by atoms with E-state index >= 15 is 0 Å². The Morgan fingerprint density at radius 3 is 0.831 bits per heavy atom. The zero-order valence-electron chi connectivity index (χ0n) is 40.2. The molecular formula is C53H102O6. The van der Waals surface area contributed by atoms with Crippen LogP contribution < -0.4 is 0 Å². The van der Waals surface area contributed by atoms with Crippen LogP contribution in [0.15, 0.2) is 0 Å². The van der Waals surface area contributed by atoms with Gasteiger partial charge in [-0.1, -0.05) is 259 Å². The summed E-state index contributed by atoms with van der Waals surface area (Å²) in [5.74, 6) is -0.000437. The van der Waals surface area contributed by atoms with Crippen molar-refractivity contribution in [2.45, 2.75) is 303 Å². The summed E-state index contributed by atoms with van der Waals surface area (Å²) in [7, 11) is 0. The maximum Gasteiger partial charge on any atom is 0.306 e. The van der Waals surface area contributed by atoms with Crippen LogP contribution in [0.4, 0.5) is 0 Å². The molecule has 0 aliphatic carbocycles. The highest BCUT2D eigenvalue weighted by molar-refractivity contribution is 5.71. The molecule has 0 saturated carbocycles. The molecule has 0 heterocycles. The Morgan fingerprint density at radius 2 is 0.559 bits per heavy atom. The van der Waals surface area contributed by atoms with Gasteiger partial charge in [-0.05, 0) is 25.2 Å². The topological polar surface area (TPSA) is 78.9 Å². The normalized spacial score (nSPS) is 11.9. The average Bonchev–Trinajstić information content (AvgIpc) is 3.22. The summed E-state index contributed by atoms with van der Waals surface area (Å²) in [6, 6.07) is 0. The summed E-state index contributed by atoms with van der Waals surface area (Å²) in [4.78, 5) is 37.9. The Morgan fingerprint density at radius 1 is 0.322 bits per heavy atom. The fourth-order valence-corrected chi connectivity index (χ4v) is 8.04. The summed E-state index contributed by atoms with van der Waals surface area (Å²) in [5.41, 5.74) is 0. The summed E-state index contributed by atoms with van der Waals surface area (Å²) in [6.45, 7) is 9.02. The third-order valence-corrected chi connectivity index (χ3v) is 12.0. The van der Waals surface area contributed by atoms with Gasteiger partial charge in [0, 0.05) is 19.3 Å². The third kappa shape index (κ3) is 47.3. The minimum absolute atomic E-state index is 0.0627. The molecule has 0 fully saturated rings. The van der Waals surface area contributed by atoms with Gasteiger partial charge in [-0.25, -0.2) is 0 Å². The van der Waals surface area contributed by atoms with E-state index in [4.69, 9.17) is 14.2 Å². The molecule has 0 aromatic rings. The van der Waals surface area contributed by atoms with Gasteiger partial charge >= 0.3 is 17.9 Å². The highest BCUT2D eigenvalue weighted by Gasteiger charge is 2.19. The first kappa shape index (κ1) is 57.4. The van der Waals surface area contributed by atoms with Crippen molar-refractivity contribution in [2.75, 3.05) is 13.2 Å². The average molecular weight is 835 g/mol. The lowest BCUT2D eigenvalue weighted by Crippen LogP contribution is -2.30. The molecule has 0 spiro atoms. The van der Waals surface area contributed by atoms with Crippen molar-refractivity contribution in [3.8, 4) is 0 Å². The molecule has 0 saturated heterocycles. The van der Waals surface area contributed by atoms with Gasteiger partial charge < -0.3 is 14.2 Å². The van der Waals surface area contributed by atoms with E-state index in [1.54, 1.807) is 0 Å². The van der Waals surface area contributed by atoms with Gasteiger partial charge in [-0.2, -0.15) is 0 Å². The molecule has 6 nitrogen and oxygen atoms in total. The highest BCUT2D eigenvalue weighted by Crippen LogP contribution is 2.17. The van der Waals surface area contributed by atoms with Crippen molar-refractivity contribution in [2.24, 2.45) is 5.92 Å². The molecule has 0 N–H and O–H groups in total. The Balaban J connectivity index is 4.22. The summed E-state index contributed by atoms with van der Waals surface area (Å²) < 4.78 is 16.8. The molecule has 0 aliphatic rings. The van der Waals surface area contributed by atoms with E-state index < -0.39 is 6.10 Å². The molecule has 0 aromatic heterocycles. The number of hydrogen-bond donors (Lipinski definition) is 0. The van der Waals surface area contributed by atoms with E-state index in [1.807, 2.05) is 0 Å². The van der Waals surface area contributed by atoms with Crippen molar-refractivity contribution < 1.29 is 28.6 Å². The first-order valence-electron chi connectivity index (χ1n) is 26.4. The summed E-state index contributed by atoms with van der Waals surface area (Å²) in [6.07, 6.45) is 49.5. The van der Waals surface area contributed by atoms with Gasteiger partial charge in [0.15, 0.2) is 6.10 Å². The lowest BCUT2D eigenvalue weighted by atomic mass is 10.0. The number of unbranched alkanes of at least 4 members (excludes halogenated alkanes) is 35. The molecule has 59 heavy (non-hydrogen) atoms. The number of esters is 3. The molecule has 1 atom stereocenters. The van der Waals surface area contributed by atoms with Crippen LogP contribution in [0.2, 0.25) is 0 Å². The van der Waals surface area contributed by atoms with Crippen molar-refractivity contribution in [3.05, 3.63) is 0 Å². The van der Waals surface area contributed by atoms with Crippen LogP contribution in [0.1, 0.15) is 297 Å². The Hall–Kier alpha value is -1.59. The first-order valence-corrected chi connectivity index (χ1v) is 26.4. The number of hydrogen-bond acceptors (Lipinski definition) is 6. The first-order chi connectivity index (χ1) is 28.9. The lowest BCUT2D eigenvalue weighted by Gasteiger charge is -2.18. The quantitative estimate of drug-likeness (QED) is 0.0345. The van der Waals surface area contributed by atoms with E-state index in [2.05, 4.69) is 27.7 Å². The molecular weight excluding hydrogens is 733 g/mol. The van der Waals surface area contributed by atoms with Crippen molar-refractivity contribution >= 4 is 17.9 Å². The number of carbonyl (C=O) groups is 3. The fraction of sp³-hybridized carbons (Fsp3) is 0.943. The maximum absolute atomic E-state index is 12.7. The molecule has 0 aromatic carbocycles. The standard InChI is InChI=1S/C53H102O6/c1-5-7-9-11-13-15-16-17-18-22-25-29-32-36-40-44-51(54)57-47-50(59-53(56)46-42-38-34-27-14-12-10-8-6-2)48-58-52(55)45-41-37-33-30-26-23-20-19-21-24-28-31-35-39-43-49(3)4/h49-50H,5-48H2,1-4H3/t50-/m0/s1. The smallest absolute Gasteiger partial charge is 0.306 e. The highest BCUT2D eigenvalue weighted by atomic mass is 16.6. The predicted octanol–water partition coefficient (Wildman–Crippen LogP) is 17.1. The van der Waals surface area contributed by atoms with E-state index in [0.29, 0.717) is 19.3 Å². The fourth-order valence-electron chi connectivity index (χ4n) is 8.04. The van der Waals surface area contributed by atoms with Gasteiger partial charge in [0.2, 0.25) is 0 Å². The van der Waals surface area contributed by atoms with Crippen LogP contribution in [0, 0.1) is 5.92 Å². The Kier molecular flexibility index (Phi) is 46.2. The molecule has 350 valence electrons. The molecule has 0 rings (SSSR count). The van der Waals surface area contributed by atoms with Crippen LogP contribution in [-0.4, -0.2) is 37.2 Å². The van der Waals surface area contributed by atoms with Gasteiger partial charge in [-0.15, -0.1) is 0 Å². The molecule has 0 aliphatic heterocycles. The van der Waals surface area contributed by atoms with Crippen molar-refractivity contribution in [1.82, 2.24) is 0 Å². The lowest BCUT2D eigenvalue weighted by molar-refractivity contribution is -0.167. The minimum atomic E-state index is -0.760. The van der Waals surface area contributed by atoms with E-state index in [0.717, 1.165) is 63.7 Å². The summed E-state index contributed by atoms with van der Waals surface area (Å²) >= 11 is 0. The molecule has 0 amide bonds. The maximum atomic E-state index is 12.7. The van der Waals surface area contributed by atoms with Crippen molar-refractivity contribution in [3.63, 3.8) is 0 Å². The second kappa shape index (κ2) is 47.5.